The molecule has 0 saturated heterocycles. The second-order valence-corrected chi connectivity index (χ2v) is 22.7. The van der Waals surface area contributed by atoms with Crippen LogP contribution in [0.1, 0.15) is 87.9 Å². The van der Waals surface area contributed by atoms with E-state index in [4.69, 9.17) is 18.4 Å². The summed E-state index contributed by atoms with van der Waals surface area (Å²) in [4.78, 5) is 32.7. The van der Waals surface area contributed by atoms with Crippen molar-refractivity contribution in [3.63, 3.8) is 0 Å². The minimum absolute atomic E-state index is 0.00597. The Bertz CT molecular complexity index is 2250. The fourth-order valence-electron chi connectivity index (χ4n) is 8.49. The van der Waals surface area contributed by atoms with Crippen LogP contribution < -0.4 is 9.47 Å². The number of hydrogen-bond acceptors (Lipinski definition) is 11. The van der Waals surface area contributed by atoms with Crippen molar-refractivity contribution in [3.05, 3.63) is 121 Å². The third-order valence-corrected chi connectivity index (χ3v) is 17.7. The summed E-state index contributed by atoms with van der Waals surface area (Å²) in [5.74, 6) is -5.01. The van der Waals surface area contributed by atoms with Gasteiger partial charge >= 0.3 is 0 Å². The molecule has 3 N–H and O–H groups in total. The van der Waals surface area contributed by atoms with Gasteiger partial charge in [-0.3, -0.25) is 14.5 Å². The molecule has 0 aliphatic heterocycles. The van der Waals surface area contributed by atoms with E-state index in [0.29, 0.717) is 0 Å². The van der Waals surface area contributed by atoms with Gasteiger partial charge in [0.05, 0.1) is 29.3 Å². The smallest absolute Gasteiger partial charge is 0.265 e. The first-order chi connectivity index (χ1) is 27.5. The molecule has 0 saturated carbocycles. The van der Waals surface area contributed by atoms with Crippen molar-refractivity contribution in [1.29, 1.82) is 0 Å². The number of Topliss-reactive ketones (excluding diaryl/α,β-unsaturated/α-hetero) is 2. The Labute approximate surface area is 347 Å². The van der Waals surface area contributed by atoms with Crippen LogP contribution in [0.25, 0.3) is 0 Å². The van der Waals surface area contributed by atoms with Crippen LogP contribution in [0.4, 0.5) is 4.39 Å². The van der Waals surface area contributed by atoms with E-state index in [1.807, 2.05) is 114 Å². The number of allylic oxidation sites excluding steroid dienone is 1. The van der Waals surface area contributed by atoms with E-state index in [2.05, 4.69) is 21.1 Å². The standard InChI is InChI=1S/C44H50BrFN2O9Si/c1-43(2,3)58(6,7)57-44-29(36(48(4)5)39-33(41(44)53)42(47-56-39)55-23-25-16-12-9-13-17-25)19-26-18-28-32(37(51)31(26)40(44)52)38(54-22-24-14-10-8-11-15-24)34(45)30(35(28)46)27(20-49)21-50/h8-17,26-27,29,36,49-50,52H,18-23H2,1-7H3/t26-,29-,36-,44-/m0/s1. The van der Waals surface area contributed by atoms with Crippen LogP contribution in [0, 0.1) is 17.7 Å². The zero-order valence-corrected chi connectivity index (χ0v) is 36.4. The van der Waals surface area contributed by atoms with Crippen LogP contribution in [0.2, 0.25) is 18.1 Å². The number of nitrogens with zero attached hydrogens (tertiary/aromatic N) is 2. The number of hydrogen-bond donors (Lipinski definition) is 3. The molecule has 0 fully saturated rings. The fraction of sp³-hybridized carbons (Fsp3) is 0.432. The number of fused-ring (bicyclic) bond motifs is 4. The summed E-state index contributed by atoms with van der Waals surface area (Å²) in [5, 5.41) is 37.2. The van der Waals surface area contributed by atoms with Gasteiger partial charge in [0.15, 0.2) is 25.5 Å². The van der Waals surface area contributed by atoms with E-state index in [1.54, 1.807) is 0 Å². The van der Waals surface area contributed by atoms with Crippen molar-refractivity contribution in [1.82, 2.24) is 10.1 Å². The topological polar surface area (TPSA) is 152 Å². The van der Waals surface area contributed by atoms with Crippen molar-refractivity contribution < 1.29 is 47.7 Å². The maximum absolute atomic E-state index is 17.0. The van der Waals surface area contributed by atoms with E-state index in [0.717, 1.165) is 11.1 Å². The number of rotatable bonds is 12. The van der Waals surface area contributed by atoms with E-state index >= 15 is 14.0 Å². The molecular formula is C44H50BrFN2O9Si. The van der Waals surface area contributed by atoms with Crippen molar-refractivity contribution in [2.75, 3.05) is 27.3 Å². The molecule has 0 bridgehead atoms. The molecule has 7 rings (SSSR count). The fourth-order valence-corrected chi connectivity index (χ4v) is 10.8. The summed E-state index contributed by atoms with van der Waals surface area (Å²) in [5.41, 5.74) is -0.563. The Morgan fingerprint density at radius 3 is 2.12 bits per heavy atom. The molecule has 0 unspecified atom stereocenters. The molecule has 0 spiro atoms. The van der Waals surface area contributed by atoms with Crippen molar-refractivity contribution >= 4 is 35.8 Å². The zero-order chi connectivity index (χ0) is 41.9. The van der Waals surface area contributed by atoms with Gasteiger partial charge in [-0.25, -0.2) is 4.39 Å². The SMILES string of the molecule is CN(C)[C@@H]1c2onc(OCc3ccccc3)c2C(=O)[C@@]2(O[Si](C)(C)C(C)(C)C)C(O)=C3C(=O)c4c(c(F)c(C(CO)CO)c(Br)c4OCc4ccccc4)C[C@H]3C[C@@H]12. The lowest BCUT2D eigenvalue weighted by Crippen LogP contribution is -2.65. The van der Waals surface area contributed by atoms with Crippen LogP contribution in [0.5, 0.6) is 11.6 Å². The number of aliphatic hydroxyl groups is 3. The summed E-state index contributed by atoms with van der Waals surface area (Å²) < 4.78 is 42.8. The van der Waals surface area contributed by atoms with Crippen molar-refractivity contribution in [2.45, 2.75) is 82.5 Å². The summed E-state index contributed by atoms with van der Waals surface area (Å²) in [6, 6.07) is 17.9. The second-order valence-electron chi connectivity index (χ2n) is 17.2. The lowest BCUT2D eigenvalue weighted by molar-refractivity contribution is -0.0481. The Hall–Kier alpha value is -4.18. The summed E-state index contributed by atoms with van der Waals surface area (Å²) >= 11 is 3.48. The zero-order valence-electron chi connectivity index (χ0n) is 33.8. The highest BCUT2D eigenvalue weighted by Gasteiger charge is 2.67. The lowest BCUT2D eigenvalue weighted by Gasteiger charge is -2.55. The molecule has 58 heavy (non-hydrogen) atoms. The van der Waals surface area contributed by atoms with Crippen molar-refractivity contribution in [3.8, 4) is 11.6 Å². The van der Waals surface area contributed by atoms with Gasteiger partial charge in [0.1, 0.15) is 36.1 Å². The predicted molar refractivity (Wildman–Crippen MR) is 220 cm³/mol. The first kappa shape index (κ1) is 42.0. The average molecular weight is 878 g/mol. The van der Waals surface area contributed by atoms with Gasteiger partial charge in [0.2, 0.25) is 5.78 Å². The van der Waals surface area contributed by atoms with E-state index in [9.17, 15) is 15.3 Å². The third kappa shape index (κ3) is 6.84. The lowest BCUT2D eigenvalue weighted by atomic mass is 9.58. The van der Waals surface area contributed by atoms with E-state index < -0.39 is 79.1 Å². The van der Waals surface area contributed by atoms with Gasteiger partial charge in [0.25, 0.3) is 5.88 Å². The monoisotopic (exact) mass is 876 g/mol. The highest BCUT2D eigenvalue weighted by Crippen LogP contribution is 2.60. The van der Waals surface area contributed by atoms with Gasteiger partial charge in [-0.05, 0) is 83.2 Å². The number of ketones is 2. The summed E-state index contributed by atoms with van der Waals surface area (Å²) in [6.45, 7) is 9.01. The molecule has 4 atom stereocenters. The first-order valence-corrected chi connectivity index (χ1v) is 23.2. The Morgan fingerprint density at radius 1 is 0.983 bits per heavy atom. The van der Waals surface area contributed by atoms with Gasteiger partial charge in [-0.15, -0.1) is 0 Å². The van der Waals surface area contributed by atoms with Gasteiger partial charge in [-0.1, -0.05) is 81.4 Å². The molecule has 308 valence electrons. The second kappa shape index (κ2) is 15.8. The summed E-state index contributed by atoms with van der Waals surface area (Å²) in [6.07, 6.45) is 0.0795. The Kier molecular flexibility index (Phi) is 11.4. The molecule has 0 radical (unpaired) electrons. The highest BCUT2D eigenvalue weighted by molar-refractivity contribution is 9.10. The maximum Gasteiger partial charge on any atom is 0.265 e. The van der Waals surface area contributed by atoms with E-state index in [1.165, 1.54) is 0 Å². The number of halogens is 2. The van der Waals surface area contributed by atoms with E-state index in [-0.39, 0.29) is 75.7 Å². The molecular weight excluding hydrogens is 827 g/mol. The number of carbonyl (C=O) groups is 2. The third-order valence-electron chi connectivity index (χ3n) is 12.4. The number of ether oxygens (including phenoxy) is 2. The van der Waals surface area contributed by atoms with Crippen molar-refractivity contribution in [2.24, 2.45) is 11.8 Å². The van der Waals surface area contributed by atoms with Gasteiger partial charge < -0.3 is 33.7 Å². The van der Waals surface area contributed by atoms with Gasteiger partial charge in [-0.2, -0.15) is 0 Å². The number of aromatic nitrogens is 1. The van der Waals surface area contributed by atoms with Crippen LogP contribution in [0.15, 0.2) is 81.0 Å². The molecule has 1 aromatic heterocycles. The van der Waals surface area contributed by atoms with Crippen LogP contribution in [0.3, 0.4) is 0 Å². The normalized spacial score (nSPS) is 21.8. The molecule has 4 aromatic rings. The maximum atomic E-state index is 17.0. The molecule has 3 aliphatic rings. The minimum atomic E-state index is -2.98. The molecule has 1 heterocycles. The number of benzene rings is 3. The predicted octanol–water partition coefficient (Wildman–Crippen LogP) is 8.25. The molecule has 0 amide bonds. The quantitative estimate of drug-likeness (QED) is 0.118. The number of carbonyl (C=O) groups excluding carboxylic acids is 2. The van der Waals surface area contributed by atoms with Crippen LogP contribution in [-0.4, -0.2) is 78.2 Å². The molecule has 11 nitrogen and oxygen atoms in total. The van der Waals surface area contributed by atoms with Crippen LogP contribution >= 0.6 is 15.9 Å². The molecule has 14 heteroatoms. The summed E-state index contributed by atoms with van der Waals surface area (Å²) in [7, 11) is 0.677. The first-order valence-electron chi connectivity index (χ1n) is 19.5. The van der Waals surface area contributed by atoms with Crippen LogP contribution in [-0.2, 0) is 24.1 Å². The Morgan fingerprint density at radius 2 is 1.57 bits per heavy atom. The highest BCUT2D eigenvalue weighted by atomic mass is 79.9. The van der Waals surface area contributed by atoms with Gasteiger partial charge in [0, 0.05) is 28.5 Å². The average Bonchev–Trinajstić information content (AvgIpc) is 3.60. The minimum Gasteiger partial charge on any atom is -0.508 e. The molecule has 3 aromatic carbocycles. The largest absolute Gasteiger partial charge is 0.508 e. The molecule has 3 aliphatic carbocycles. The number of aliphatic hydroxyl groups excluding tert-OH is 3. The Balaban J connectivity index is 1.45.